The number of thioether (sulfide) groups is 1. The monoisotopic (exact) mass is 414 g/mol. The Bertz CT molecular complexity index is 856. The van der Waals surface area contributed by atoms with Gasteiger partial charge in [0.25, 0.3) is 0 Å². The highest BCUT2D eigenvalue weighted by molar-refractivity contribution is 7.99. The Labute approximate surface area is 177 Å². The molecule has 2 fully saturated rings. The first-order valence-electron chi connectivity index (χ1n) is 10.5. The van der Waals surface area contributed by atoms with Gasteiger partial charge in [-0.1, -0.05) is 30.8 Å². The smallest absolute Gasteiger partial charge is 0.233 e. The molecule has 29 heavy (non-hydrogen) atoms. The first kappa shape index (κ1) is 20.3. The van der Waals surface area contributed by atoms with Crippen molar-refractivity contribution in [2.45, 2.75) is 62.7 Å². The quantitative estimate of drug-likeness (QED) is 0.637. The van der Waals surface area contributed by atoms with E-state index in [1.54, 1.807) is 7.11 Å². The number of benzene rings is 1. The molecule has 0 spiro atoms. The number of nitrogens with zero attached hydrogens (tertiary/aromatic N) is 4. The van der Waals surface area contributed by atoms with Crippen molar-refractivity contribution in [3.05, 3.63) is 24.3 Å². The van der Waals surface area contributed by atoms with Crippen molar-refractivity contribution in [2.24, 2.45) is 13.0 Å². The van der Waals surface area contributed by atoms with Gasteiger partial charge in [0.05, 0.1) is 18.4 Å². The van der Waals surface area contributed by atoms with Crippen molar-refractivity contribution in [3.63, 3.8) is 0 Å². The van der Waals surface area contributed by atoms with Crippen molar-refractivity contribution < 1.29 is 9.53 Å². The van der Waals surface area contributed by atoms with E-state index < -0.39 is 0 Å². The van der Waals surface area contributed by atoms with Gasteiger partial charge < -0.3 is 14.2 Å². The van der Waals surface area contributed by atoms with E-state index in [0.717, 1.165) is 53.9 Å². The average Bonchev–Trinajstić information content (AvgIpc) is 3.50. The predicted octanol–water partition coefficient (Wildman–Crippen LogP) is 4.15. The normalized spacial score (nSPS) is 21.8. The van der Waals surface area contributed by atoms with Gasteiger partial charge in [-0.25, -0.2) is 0 Å². The van der Waals surface area contributed by atoms with Crippen LogP contribution in [-0.4, -0.2) is 50.5 Å². The molecule has 0 N–H and O–H groups in total. The molecule has 4 rings (SSSR count). The summed E-state index contributed by atoms with van der Waals surface area (Å²) in [5.74, 6) is 2.97. The zero-order valence-corrected chi connectivity index (χ0v) is 18.3. The minimum Gasteiger partial charge on any atom is -0.496 e. The first-order valence-corrected chi connectivity index (χ1v) is 11.5. The summed E-state index contributed by atoms with van der Waals surface area (Å²) in [5, 5.41) is 9.44. The van der Waals surface area contributed by atoms with Gasteiger partial charge in [0.15, 0.2) is 11.0 Å². The summed E-state index contributed by atoms with van der Waals surface area (Å²) in [4.78, 5) is 15.3. The lowest BCUT2D eigenvalue weighted by Gasteiger charge is -2.36. The molecule has 1 heterocycles. The van der Waals surface area contributed by atoms with Crippen molar-refractivity contribution >= 4 is 17.7 Å². The number of methoxy groups -OCH3 is 1. The number of para-hydroxylation sites is 1. The Morgan fingerprint density at radius 3 is 2.45 bits per heavy atom. The minimum atomic E-state index is 0.249. The Morgan fingerprint density at radius 1 is 1.14 bits per heavy atom. The Hall–Kier alpha value is -2.02. The van der Waals surface area contributed by atoms with Crippen LogP contribution >= 0.6 is 11.8 Å². The number of hydrogen-bond acceptors (Lipinski definition) is 5. The maximum absolute atomic E-state index is 13.1. The maximum Gasteiger partial charge on any atom is 0.233 e. The number of carbonyl (C=O) groups excluding carboxylic acids is 1. The molecule has 1 amide bonds. The SMILES string of the molecule is COc1ccccc1-c1nnc(SCC(=O)N(C2CCC(C)CC2)C2CC2)n1C. The van der Waals surface area contributed by atoms with E-state index >= 15 is 0 Å². The molecule has 156 valence electrons. The highest BCUT2D eigenvalue weighted by Crippen LogP contribution is 2.36. The number of carbonyl (C=O) groups is 1. The zero-order chi connectivity index (χ0) is 20.4. The van der Waals surface area contributed by atoms with Crippen molar-refractivity contribution in [3.8, 4) is 17.1 Å². The topological polar surface area (TPSA) is 60.3 Å². The van der Waals surface area contributed by atoms with Gasteiger partial charge in [0, 0.05) is 19.1 Å². The number of aromatic nitrogens is 3. The zero-order valence-electron chi connectivity index (χ0n) is 17.5. The Balaban J connectivity index is 1.43. The Morgan fingerprint density at radius 2 is 1.79 bits per heavy atom. The molecule has 6 nitrogen and oxygen atoms in total. The van der Waals surface area contributed by atoms with Crippen LogP contribution in [0.25, 0.3) is 11.4 Å². The van der Waals surface area contributed by atoms with Crippen molar-refractivity contribution in [1.82, 2.24) is 19.7 Å². The average molecular weight is 415 g/mol. The van der Waals surface area contributed by atoms with Gasteiger partial charge >= 0.3 is 0 Å². The van der Waals surface area contributed by atoms with Crippen LogP contribution in [-0.2, 0) is 11.8 Å². The summed E-state index contributed by atoms with van der Waals surface area (Å²) < 4.78 is 7.40. The summed E-state index contributed by atoms with van der Waals surface area (Å²) >= 11 is 1.48. The van der Waals surface area contributed by atoms with Crippen LogP contribution in [0.2, 0.25) is 0 Å². The van der Waals surface area contributed by atoms with Gasteiger partial charge in [-0.15, -0.1) is 10.2 Å². The second kappa shape index (κ2) is 8.78. The van der Waals surface area contributed by atoms with Crippen LogP contribution in [0, 0.1) is 5.92 Å². The minimum absolute atomic E-state index is 0.249. The number of rotatable bonds is 7. The third-order valence-electron chi connectivity index (χ3n) is 6.11. The molecule has 0 bridgehead atoms. The summed E-state index contributed by atoms with van der Waals surface area (Å²) in [6.07, 6.45) is 7.08. The largest absolute Gasteiger partial charge is 0.496 e. The molecule has 0 saturated heterocycles. The van der Waals surface area contributed by atoms with E-state index in [-0.39, 0.29) is 5.91 Å². The second-order valence-electron chi connectivity index (χ2n) is 8.30. The van der Waals surface area contributed by atoms with Gasteiger partial charge in [0.2, 0.25) is 5.91 Å². The van der Waals surface area contributed by atoms with Crippen molar-refractivity contribution in [2.75, 3.05) is 12.9 Å². The molecular formula is C22H30N4O2S. The fourth-order valence-electron chi connectivity index (χ4n) is 4.28. The van der Waals surface area contributed by atoms with E-state index in [1.807, 2.05) is 35.9 Å². The first-order chi connectivity index (χ1) is 14.1. The Kier molecular flexibility index (Phi) is 6.13. The fraction of sp³-hybridized carbons (Fsp3) is 0.591. The summed E-state index contributed by atoms with van der Waals surface area (Å²) in [5.41, 5.74) is 0.902. The molecule has 2 aliphatic carbocycles. The second-order valence-corrected chi connectivity index (χ2v) is 9.24. The van der Waals surface area contributed by atoms with Gasteiger partial charge in [-0.3, -0.25) is 4.79 Å². The van der Waals surface area contributed by atoms with E-state index in [2.05, 4.69) is 22.0 Å². The predicted molar refractivity (Wildman–Crippen MR) is 115 cm³/mol. The van der Waals surface area contributed by atoms with Gasteiger partial charge in [-0.05, 0) is 56.6 Å². The molecular weight excluding hydrogens is 384 g/mol. The molecule has 0 atom stereocenters. The third-order valence-corrected chi connectivity index (χ3v) is 7.12. The highest BCUT2D eigenvalue weighted by Gasteiger charge is 2.38. The summed E-state index contributed by atoms with van der Waals surface area (Å²) in [6.45, 7) is 2.32. The van der Waals surface area contributed by atoms with Crippen LogP contribution in [0.4, 0.5) is 0 Å². The molecule has 2 aliphatic rings. The summed E-state index contributed by atoms with van der Waals surface area (Å²) in [7, 11) is 3.60. The number of hydrogen-bond donors (Lipinski definition) is 0. The van der Waals surface area contributed by atoms with E-state index in [0.29, 0.717) is 17.8 Å². The van der Waals surface area contributed by atoms with Crippen molar-refractivity contribution in [1.29, 1.82) is 0 Å². The number of ether oxygens (including phenoxy) is 1. The van der Waals surface area contributed by atoms with E-state index in [4.69, 9.17) is 4.74 Å². The molecule has 7 heteroatoms. The lowest BCUT2D eigenvalue weighted by Crippen LogP contribution is -2.44. The van der Waals surface area contributed by atoms with Gasteiger partial charge in [-0.2, -0.15) is 0 Å². The lowest BCUT2D eigenvalue weighted by molar-refractivity contribution is -0.132. The standard InChI is InChI=1S/C22H30N4O2S/c1-15-8-10-16(11-9-15)26(17-12-13-17)20(27)14-29-22-24-23-21(25(22)2)18-6-4-5-7-19(18)28-3/h4-7,15-17H,8-14H2,1-3H3. The van der Waals surface area contributed by atoms with Crippen LogP contribution in [0.5, 0.6) is 5.75 Å². The molecule has 0 unspecified atom stereocenters. The molecule has 2 saturated carbocycles. The molecule has 2 aromatic rings. The lowest BCUT2D eigenvalue weighted by atomic mass is 9.86. The van der Waals surface area contributed by atoms with Crippen LogP contribution in [0.3, 0.4) is 0 Å². The molecule has 0 radical (unpaired) electrons. The maximum atomic E-state index is 13.1. The molecule has 0 aliphatic heterocycles. The van der Waals surface area contributed by atoms with E-state index in [9.17, 15) is 4.79 Å². The van der Waals surface area contributed by atoms with E-state index in [1.165, 1.54) is 24.6 Å². The molecule has 1 aromatic carbocycles. The number of amides is 1. The highest BCUT2D eigenvalue weighted by atomic mass is 32.2. The fourth-order valence-corrected chi connectivity index (χ4v) is 5.06. The molecule has 1 aromatic heterocycles. The van der Waals surface area contributed by atoms with Crippen LogP contribution in [0.15, 0.2) is 29.4 Å². The van der Waals surface area contributed by atoms with Crippen LogP contribution < -0.4 is 4.74 Å². The summed E-state index contributed by atoms with van der Waals surface area (Å²) in [6, 6.07) is 8.67. The third kappa shape index (κ3) is 4.44. The van der Waals surface area contributed by atoms with Crippen LogP contribution in [0.1, 0.15) is 45.4 Å². The van der Waals surface area contributed by atoms with Gasteiger partial charge in [0.1, 0.15) is 5.75 Å².